The molecule has 0 aliphatic heterocycles. The van der Waals surface area contributed by atoms with Gasteiger partial charge in [0.25, 0.3) is 0 Å². The monoisotopic (exact) mass is 315 g/mol. The lowest BCUT2D eigenvalue weighted by Gasteiger charge is -2.11. The van der Waals surface area contributed by atoms with Gasteiger partial charge in [0.1, 0.15) is 6.04 Å². The third-order valence-corrected chi connectivity index (χ3v) is 3.40. The predicted octanol–water partition coefficient (Wildman–Crippen LogP) is 1.03. The fourth-order valence-corrected chi connectivity index (χ4v) is 2.04. The van der Waals surface area contributed by atoms with E-state index in [1.807, 2.05) is 13.1 Å². The summed E-state index contributed by atoms with van der Waals surface area (Å²) in [5.74, 6) is 0.617. The fraction of sp³-hybridized carbons (Fsp3) is 0.357. The number of carbonyl (C=O) groups is 1. The van der Waals surface area contributed by atoms with Crippen LogP contribution in [0.15, 0.2) is 35.4 Å². The number of rotatable bonds is 6. The van der Waals surface area contributed by atoms with Gasteiger partial charge in [-0.3, -0.25) is 14.2 Å². The van der Waals surface area contributed by atoms with E-state index in [1.165, 1.54) is 0 Å². The molecule has 1 atom stereocenters. The van der Waals surface area contributed by atoms with E-state index < -0.39 is 6.04 Å². The van der Waals surface area contributed by atoms with Crippen LogP contribution in [0, 0.1) is 0 Å². The Balaban J connectivity index is 1.60. The molecule has 120 valence electrons. The maximum absolute atomic E-state index is 12.1. The molecule has 0 aliphatic rings. The van der Waals surface area contributed by atoms with Crippen molar-refractivity contribution in [2.24, 2.45) is 0 Å². The minimum absolute atomic E-state index is 0.166. The highest BCUT2D eigenvalue weighted by molar-refractivity contribution is 5.79. The van der Waals surface area contributed by atoms with Gasteiger partial charge in [0.15, 0.2) is 0 Å². The Labute approximate surface area is 132 Å². The molecule has 0 fully saturated rings. The number of amides is 1. The molecule has 0 radical (unpaired) electrons. The average molecular weight is 315 g/mol. The zero-order chi connectivity index (χ0) is 16.2. The zero-order valence-corrected chi connectivity index (χ0v) is 12.9. The van der Waals surface area contributed by atoms with Gasteiger partial charge in [-0.1, -0.05) is 5.16 Å². The molecule has 3 aromatic heterocycles. The minimum atomic E-state index is -0.407. The van der Waals surface area contributed by atoms with Crippen LogP contribution in [0.5, 0.6) is 0 Å². The first-order valence-corrected chi connectivity index (χ1v) is 7.29. The molecular weight excluding hydrogens is 298 g/mol. The van der Waals surface area contributed by atoms with Crippen LogP contribution in [0.4, 0.5) is 0 Å². The Morgan fingerprint density at radius 2 is 2.30 bits per heavy atom. The summed E-state index contributed by atoms with van der Waals surface area (Å²) in [5, 5.41) is 14.9. The molecule has 1 amide bonds. The lowest BCUT2D eigenvalue weighted by atomic mass is 10.3. The van der Waals surface area contributed by atoms with Crippen LogP contribution in [-0.2, 0) is 17.9 Å². The summed E-state index contributed by atoms with van der Waals surface area (Å²) in [7, 11) is 0. The SMILES string of the molecule is CCn1cc(-c2noc(CNC(=O)[C@H](C)n3cccn3)n2)cn1. The molecule has 0 saturated carbocycles. The molecule has 0 aromatic carbocycles. The van der Waals surface area contributed by atoms with Crippen LogP contribution in [0.2, 0.25) is 0 Å². The van der Waals surface area contributed by atoms with E-state index in [0.717, 1.165) is 12.1 Å². The molecule has 0 bridgehead atoms. The summed E-state index contributed by atoms with van der Waals surface area (Å²) in [6.45, 7) is 4.70. The summed E-state index contributed by atoms with van der Waals surface area (Å²) in [5.41, 5.74) is 0.776. The molecule has 3 rings (SSSR count). The molecule has 1 N–H and O–H groups in total. The third kappa shape index (κ3) is 3.28. The minimum Gasteiger partial charge on any atom is -0.345 e. The van der Waals surface area contributed by atoms with Crippen LogP contribution >= 0.6 is 0 Å². The van der Waals surface area contributed by atoms with E-state index in [1.54, 1.807) is 40.9 Å². The van der Waals surface area contributed by atoms with Crippen molar-refractivity contribution in [1.82, 2.24) is 35.0 Å². The fourth-order valence-electron chi connectivity index (χ4n) is 2.04. The number of aromatic nitrogens is 6. The molecular formula is C14H17N7O2. The van der Waals surface area contributed by atoms with Gasteiger partial charge in [-0.15, -0.1) is 0 Å². The second kappa shape index (κ2) is 6.42. The average Bonchev–Trinajstić information content (AvgIpc) is 3.32. The lowest BCUT2D eigenvalue weighted by molar-refractivity contribution is -0.124. The summed E-state index contributed by atoms with van der Waals surface area (Å²) in [4.78, 5) is 16.3. The maximum atomic E-state index is 12.1. The molecule has 9 heteroatoms. The molecule has 23 heavy (non-hydrogen) atoms. The molecule has 0 aliphatic carbocycles. The van der Waals surface area contributed by atoms with Crippen molar-refractivity contribution >= 4 is 5.91 Å². The van der Waals surface area contributed by atoms with Gasteiger partial charge in [0.05, 0.1) is 18.3 Å². The summed E-state index contributed by atoms with van der Waals surface area (Å²) >= 11 is 0. The van der Waals surface area contributed by atoms with E-state index in [4.69, 9.17) is 4.52 Å². The normalized spacial score (nSPS) is 12.3. The number of aryl methyl sites for hydroxylation is 1. The molecule has 9 nitrogen and oxygen atoms in total. The van der Waals surface area contributed by atoms with E-state index in [0.29, 0.717) is 11.7 Å². The summed E-state index contributed by atoms with van der Waals surface area (Å²) in [6.07, 6.45) is 6.88. The zero-order valence-electron chi connectivity index (χ0n) is 12.9. The Morgan fingerprint density at radius 3 is 3.00 bits per heavy atom. The van der Waals surface area contributed by atoms with Gasteiger partial charge in [-0.25, -0.2) is 0 Å². The Morgan fingerprint density at radius 1 is 1.43 bits per heavy atom. The van der Waals surface area contributed by atoms with E-state index >= 15 is 0 Å². The van der Waals surface area contributed by atoms with Gasteiger partial charge < -0.3 is 9.84 Å². The topological polar surface area (TPSA) is 104 Å². The lowest BCUT2D eigenvalue weighted by Crippen LogP contribution is -2.30. The molecule has 0 spiro atoms. The van der Waals surface area contributed by atoms with Gasteiger partial charge >= 0.3 is 0 Å². The van der Waals surface area contributed by atoms with Crippen molar-refractivity contribution < 1.29 is 9.32 Å². The van der Waals surface area contributed by atoms with E-state index in [2.05, 4.69) is 25.7 Å². The smallest absolute Gasteiger partial charge is 0.246 e. The molecule has 0 unspecified atom stereocenters. The highest BCUT2D eigenvalue weighted by Gasteiger charge is 2.16. The predicted molar refractivity (Wildman–Crippen MR) is 80.0 cm³/mol. The van der Waals surface area contributed by atoms with Gasteiger partial charge in [0.2, 0.25) is 17.6 Å². The second-order valence-electron chi connectivity index (χ2n) is 4.98. The van der Waals surface area contributed by atoms with Crippen molar-refractivity contribution in [3.8, 4) is 11.4 Å². The van der Waals surface area contributed by atoms with Crippen molar-refractivity contribution in [2.75, 3.05) is 0 Å². The second-order valence-corrected chi connectivity index (χ2v) is 4.98. The Hall–Kier alpha value is -2.97. The first-order chi connectivity index (χ1) is 11.2. The van der Waals surface area contributed by atoms with Crippen LogP contribution < -0.4 is 5.32 Å². The van der Waals surface area contributed by atoms with Crippen LogP contribution in [-0.4, -0.2) is 35.6 Å². The van der Waals surface area contributed by atoms with Crippen LogP contribution in [0.1, 0.15) is 25.8 Å². The molecule has 3 heterocycles. The number of nitrogens with zero attached hydrogens (tertiary/aromatic N) is 6. The van der Waals surface area contributed by atoms with Crippen molar-refractivity contribution in [3.63, 3.8) is 0 Å². The molecule has 0 saturated heterocycles. The maximum Gasteiger partial charge on any atom is 0.246 e. The first-order valence-electron chi connectivity index (χ1n) is 7.29. The van der Waals surface area contributed by atoms with Gasteiger partial charge in [0, 0.05) is 25.1 Å². The van der Waals surface area contributed by atoms with Gasteiger partial charge in [-0.05, 0) is 19.9 Å². The van der Waals surface area contributed by atoms with Crippen LogP contribution in [0.3, 0.4) is 0 Å². The largest absolute Gasteiger partial charge is 0.345 e. The van der Waals surface area contributed by atoms with Crippen molar-refractivity contribution in [2.45, 2.75) is 33.0 Å². The quantitative estimate of drug-likeness (QED) is 0.728. The highest BCUT2D eigenvalue weighted by Crippen LogP contribution is 2.14. The van der Waals surface area contributed by atoms with Crippen molar-refractivity contribution in [1.29, 1.82) is 0 Å². The summed E-state index contributed by atoms with van der Waals surface area (Å²) < 4.78 is 8.50. The number of hydrogen-bond acceptors (Lipinski definition) is 6. The summed E-state index contributed by atoms with van der Waals surface area (Å²) in [6, 6.07) is 1.36. The number of hydrogen-bond donors (Lipinski definition) is 1. The number of nitrogens with one attached hydrogen (secondary N) is 1. The van der Waals surface area contributed by atoms with E-state index in [-0.39, 0.29) is 12.5 Å². The van der Waals surface area contributed by atoms with E-state index in [9.17, 15) is 4.79 Å². The Bertz CT molecular complexity index is 775. The first kappa shape index (κ1) is 14.9. The molecule has 3 aromatic rings. The number of carbonyl (C=O) groups excluding carboxylic acids is 1. The highest BCUT2D eigenvalue weighted by atomic mass is 16.5. The van der Waals surface area contributed by atoms with Crippen molar-refractivity contribution in [3.05, 3.63) is 36.7 Å². The standard InChI is InChI=1S/C14H17N7O2/c1-3-20-9-11(7-17-20)13-18-12(23-19-13)8-15-14(22)10(2)21-6-4-5-16-21/h4-7,9-10H,3,8H2,1-2H3,(H,15,22)/t10-/m0/s1. The Kier molecular flexibility index (Phi) is 4.18. The van der Waals surface area contributed by atoms with Crippen LogP contribution in [0.25, 0.3) is 11.4 Å². The van der Waals surface area contributed by atoms with Gasteiger partial charge in [-0.2, -0.15) is 15.2 Å². The third-order valence-electron chi connectivity index (χ3n) is 3.40.